The van der Waals surface area contributed by atoms with Gasteiger partial charge in [-0.1, -0.05) is 18.2 Å². The third kappa shape index (κ3) is 5.00. The number of hydrogen-bond acceptors (Lipinski definition) is 5. The van der Waals surface area contributed by atoms with Gasteiger partial charge in [0.2, 0.25) is 5.91 Å². The van der Waals surface area contributed by atoms with Crippen LogP contribution in [0.15, 0.2) is 59.7 Å². The molecular weight excluding hydrogens is 391 g/mol. The fourth-order valence-corrected chi connectivity index (χ4v) is 2.53. The molecule has 0 aliphatic heterocycles. The smallest absolute Gasteiger partial charge is 0.405 e. The van der Waals surface area contributed by atoms with Gasteiger partial charge in [0.25, 0.3) is 5.56 Å². The number of nitrogens with zero attached hydrogens (tertiary/aromatic N) is 4. The normalized spacial score (nSPS) is 12.4. The highest BCUT2D eigenvalue weighted by molar-refractivity contribution is 5.79. The van der Waals surface area contributed by atoms with Crippen molar-refractivity contribution in [1.82, 2.24) is 24.9 Å². The highest BCUT2D eigenvalue weighted by Crippen LogP contribution is 2.26. The molecule has 0 aliphatic carbocycles. The van der Waals surface area contributed by atoms with Gasteiger partial charge in [0, 0.05) is 30.6 Å². The predicted octanol–water partition coefficient (Wildman–Crippen LogP) is 2.21. The summed E-state index contributed by atoms with van der Waals surface area (Å²) in [6.07, 6.45) is -1.69. The van der Waals surface area contributed by atoms with Gasteiger partial charge in [0.15, 0.2) is 5.82 Å². The number of amides is 1. The largest absolute Gasteiger partial charge is 0.573 e. The Morgan fingerprint density at radius 3 is 2.66 bits per heavy atom. The number of aromatic nitrogens is 4. The Morgan fingerprint density at radius 2 is 1.97 bits per heavy atom. The zero-order chi connectivity index (χ0) is 21.0. The van der Waals surface area contributed by atoms with Crippen LogP contribution in [0, 0.1) is 0 Å². The van der Waals surface area contributed by atoms with Crippen molar-refractivity contribution >= 4 is 5.91 Å². The molecule has 152 valence electrons. The minimum atomic E-state index is -4.85. The molecule has 1 atom stereocenters. The number of ether oxygens (including phenoxy) is 1. The second kappa shape index (κ2) is 8.17. The van der Waals surface area contributed by atoms with E-state index in [0.717, 1.165) is 10.7 Å². The predicted molar refractivity (Wildman–Crippen MR) is 95.3 cm³/mol. The molecule has 0 spiro atoms. The molecule has 0 aliphatic rings. The monoisotopic (exact) mass is 407 g/mol. The van der Waals surface area contributed by atoms with Crippen LogP contribution in [0.2, 0.25) is 0 Å². The molecule has 29 heavy (non-hydrogen) atoms. The second-order valence-electron chi connectivity index (χ2n) is 5.97. The lowest BCUT2D eigenvalue weighted by atomic mass is 10.2. The molecule has 0 saturated heterocycles. The van der Waals surface area contributed by atoms with Crippen LogP contribution in [0.1, 0.15) is 18.5 Å². The Balaban J connectivity index is 1.74. The molecule has 1 aromatic carbocycles. The van der Waals surface area contributed by atoms with Crippen molar-refractivity contribution < 1.29 is 22.7 Å². The minimum Gasteiger partial charge on any atom is -0.405 e. The van der Waals surface area contributed by atoms with E-state index in [1.807, 2.05) is 0 Å². The van der Waals surface area contributed by atoms with Gasteiger partial charge in [-0.3, -0.25) is 9.59 Å². The third-order valence-electron chi connectivity index (χ3n) is 3.95. The minimum absolute atomic E-state index is 0.135. The summed E-state index contributed by atoms with van der Waals surface area (Å²) in [5.74, 6) is -0.680. The molecule has 2 heterocycles. The summed E-state index contributed by atoms with van der Waals surface area (Å²) >= 11 is 0. The van der Waals surface area contributed by atoms with Crippen LogP contribution in [0.5, 0.6) is 5.75 Å². The maximum absolute atomic E-state index is 12.5. The van der Waals surface area contributed by atoms with E-state index in [-0.39, 0.29) is 12.1 Å². The number of benzene rings is 1. The molecule has 8 nitrogen and oxygen atoms in total. The number of halogens is 3. The lowest BCUT2D eigenvalue weighted by molar-refractivity contribution is -0.274. The van der Waals surface area contributed by atoms with Gasteiger partial charge in [-0.05, 0) is 25.1 Å². The van der Waals surface area contributed by atoms with Crippen molar-refractivity contribution in [3.63, 3.8) is 0 Å². The first-order valence-corrected chi connectivity index (χ1v) is 8.46. The maximum Gasteiger partial charge on any atom is 0.573 e. The van der Waals surface area contributed by atoms with Gasteiger partial charge in [-0.25, -0.2) is 9.36 Å². The summed E-state index contributed by atoms with van der Waals surface area (Å²) in [5.41, 5.74) is -0.375. The summed E-state index contributed by atoms with van der Waals surface area (Å²) in [5, 5.41) is 10.6. The second-order valence-corrected chi connectivity index (χ2v) is 5.97. The van der Waals surface area contributed by atoms with E-state index in [1.54, 1.807) is 12.3 Å². The fourth-order valence-electron chi connectivity index (χ4n) is 2.53. The molecular formula is C18H16F3N5O3. The van der Waals surface area contributed by atoms with Gasteiger partial charge in [0.05, 0.1) is 0 Å². The first-order chi connectivity index (χ1) is 13.7. The Bertz CT molecular complexity index is 1050. The molecule has 0 saturated carbocycles. The van der Waals surface area contributed by atoms with Gasteiger partial charge in [0.1, 0.15) is 11.8 Å². The Kier molecular flexibility index (Phi) is 5.66. The summed E-state index contributed by atoms with van der Waals surface area (Å²) in [7, 11) is 0. The number of para-hydroxylation sites is 1. The topological polar surface area (TPSA) is 91.0 Å². The van der Waals surface area contributed by atoms with Crippen LogP contribution in [0.4, 0.5) is 13.2 Å². The van der Waals surface area contributed by atoms with Gasteiger partial charge >= 0.3 is 6.36 Å². The average Bonchev–Trinajstić information content (AvgIpc) is 3.20. The van der Waals surface area contributed by atoms with Crippen LogP contribution in [-0.2, 0) is 11.3 Å². The van der Waals surface area contributed by atoms with Crippen LogP contribution < -0.4 is 15.6 Å². The first kappa shape index (κ1) is 20.1. The molecule has 0 radical (unpaired) electrons. The number of hydrogen-bond donors (Lipinski definition) is 1. The Hall–Kier alpha value is -3.63. The number of nitrogens with one attached hydrogen (secondary N) is 1. The summed E-state index contributed by atoms with van der Waals surface area (Å²) in [4.78, 5) is 24.6. The van der Waals surface area contributed by atoms with E-state index in [9.17, 15) is 22.8 Å². The quantitative estimate of drug-likeness (QED) is 0.677. The highest BCUT2D eigenvalue weighted by atomic mass is 19.4. The molecule has 1 unspecified atom stereocenters. The molecule has 11 heteroatoms. The van der Waals surface area contributed by atoms with Crippen molar-refractivity contribution in [3.05, 3.63) is 70.8 Å². The SMILES string of the molecule is CC(C(=O)NCc1ccccc1OC(F)(F)F)n1nc(-n2cccn2)ccc1=O. The maximum atomic E-state index is 12.5. The number of alkyl halides is 3. The van der Waals surface area contributed by atoms with E-state index < -0.39 is 29.6 Å². The van der Waals surface area contributed by atoms with Crippen molar-refractivity contribution in [2.45, 2.75) is 25.9 Å². The highest BCUT2D eigenvalue weighted by Gasteiger charge is 2.32. The molecule has 1 amide bonds. The Morgan fingerprint density at radius 1 is 1.21 bits per heavy atom. The zero-order valence-electron chi connectivity index (χ0n) is 15.1. The van der Waals surface area contributed by atoms with Crippen molar-refractivity contribution in [2.75, 3.05) is 0 Å². The van der Waals surface area contributed by atoms with E-state index in [4.69, 9.17) is 0 Å². The lowest BCUT2D eigenvalue weighted by Gasteiger charge is -2.16. The van der Waals surface area contributed by atoms with E-state index in [1.165, 1.54) is 48.1 Å². The number of rotatable bonds is 6. The van der Waals surface area contributed by atoms with Gasteiger partial charge in [-0.2, -0.15) is 5.10 Å². The van der Waals surface area contributed by atoms with Gasteiger partial charge in [-0.15, -0.1) is 18.3 Å². The van der Waals surface area contributed by atoms with Crippen LogP contribution in [0.25, 0.3) is 5.82 Å². The van der Waals surface area contributed by atoms with Crippen molar-refractivity contribution in [1.29, 1.82) is 0 Å². The lowest BCUT2D eigenvalue weighted by Crippen LogP contribution is -2.37. The van der Waals surface area contributed by atoms with E-state index in [0.29, 0.717) is 5.82 Å². The van der Waals surface area contributed by atoms with Gasteiger partial charge < -0.3 is 10.1 Å². The van der Waals surface area contributed by atoms with Crippen LogP contribution in [-0.4, -0.2) is 31.8 Å². The molecule has 0 bridgehead atoms. The van der Waals surface area contributed by atoms with Crippen molar-refractivity contribution in [3.8, 4) is 11.6 Å². The van der Waals surface area contributed by atoms with Crippen LogP contribution >= 0.6 is 0 Å². The standard InChI is InChI=1S/C18H16F3N5O3/c1-12(26-16(27)8-7-15(24-26)25-10-4-9-23-25)17(28)22-11-13-5-2-3-6-14(13)29-18(19,20)21/h2-10,12H,11H2,1H3,(H,22,28). The fraction of sp³-hybridized carbons (Fsp3) is 0.222. The number of carbonyl (C=O) groups is 1. The molecule has 1 N–H and O–H groups in total. The molecule has 2 aromatic heterocycles. The first-order valence-electron chi connectivity index (χ1n) is 8.46. The average molecular weight is 407 g/mol. The summed E-state index contributed by atoms with van der Waals surface area (Å²) in [6.45, 7) is 1.23. The summed E-state index contributed by atoms with van der Waals surface area (Å²) in [6, 6.07) is 8.84. The molecule has 3 rings (SSSR count). The van der Waals surface area contributed by atoms with E-state index in [2.05, 4.69) is 20.3 Å². The zero-order valence-corrected chi connectivity index (χ0v) is 15.1. The van der Waals surface area contributed by atoms with Crippen LogP contribution in [0.3, 0.4) is 0 Å². The number of carbonyl (C=O) groups excluding carboxylic acids is 1. The third-order valence-corrected chi connectivity index (χ3v) is 3.95. The van der Waals surface area contributed by atoms with E-state index >= 15 is 0 Å². The summed E-state index contributed by atoms with van der Waals surface area (Å²) < 4.78 is 43.9. The van der Waals surface area contributed by atoms with Crippen molar-refractivity contribution in [2.24, 2.45) is 0 Å². The molecule has 3 aromatic rings. The molecule has 0 fully saturated rings. The Labute approximate surface area is 162 Å².